The van der Waals surface area contributed by atoms with Crippen LogP contribution in [0.3, 0.4) is 0 Å². The monoisotopic (exact) mass is 853 g/mol. The van der Waals surface area contributed by atoms with Crippen LogP contribution in [-0.4, -0.2) is 142 Å². The minimum absolute atomic E-state index is 0.0269. The Hall–Kier alpha value is -2.57. The summed E-state index contributed by atoms with van der Waals surface area (Å²) in [5.41, 5.74) is 0. The maximum absolute atomic E-state index is 12.9. The highest BCUT2D eigenvalue weighted by atomic mass is 16.7. The second kappa shape index (κ2) is 34.0. The standard InChI is InChI=1S/C46H76O14/c1-3-5-7-9-11-12-13-14-15-16-17-18-19-20-21-22-23-25-27-29-38(48)58-35(32-55-30-28-26-24-10-8-6-4-2)33-56-45-44(54)42(52)40(50)37(60-45)34-57-46-43(53)41(51)39(49)36(31-47)59-46/h5,7,11-12,14-15,17-18,20-21,23,25,35-37,39-47,49-54H,3-4,6,8-10,13,16,19,22,24,26-34H2,1-2H3/b7-5-,12-11-,15-14-,18-17-,21-20-,25-23-. The van der Waals surface area contributed by atoms with Crippen molar-refractivity contribution in [2.24, 2.45) is 0 Å². The fraction of sp³-hybridized carbons (Fsp3) is 0.717. The van der Waals surface area contributed by atoms with E-state index in [0.717, 1.165) is 57.8 Å². The first-order valence-electron chi connectivity index (χ1n) is 22.0. The van der Waals surface area contributed by atoms with Crippen LogP contribution >= 0.6 is 0 Å². The highest BCUT2D eigenvalue weighted by Crippen LogP contribution is 2.26. The molecule has 0 aromatic rings. The molecular formula is C46H76O14. The Labute approximate surface area is 357 Å². The van der Waals surface area contributed by atoms with Gasteiger partial charge in [-0.1, -0.05) is 125 Å². The quantitative estimate of drug-likeness (QED) is 0.0276. The summed E-state index contributed by atoms with van der Waals surface area (Å²) in [5, 5.41) is 71.7. The summed E-state index contributed by atoms with van der Waals surface area (Å²) >= 11 is 0. The molecular weight excluding hydrogens is 776 g/mol. The second-order valence-electron chi connectivity index (χ2n) is 15.1. The first kappa shape index (κ1) is 53.6. The fourth-order valence-electron chi connectivity index (χ4n) is 6.37. The largest absolute Gasteiger partial charge is 0.457 e. The Morgan fingerprint density at radius 2 is 1.05 bits per heavy atom. The third-order valence-corrected chi connectivity index (χ3v) is 9.99. The molecule has 0 aromatic heterocycles. The van der Waals surface area contributed by atoms with E-state index in [2.05, 4.69) is 74.6 Å². The molecule has 14 heteroatoms. The number of unbranched alkanes of at least 4 members (excludes halogenated alkanes) is 6. The van der Waals surface area contributed by atoms with Gasteiger partial charge in [0.1, 0.15) is 54.9 Å². The number of hydrogen-bond donors (Lipinski definition) is 7. The zero-order valence-corrected chi connectivity index (χ0v) is 35.9. The molecule has 7 N–H and O–H groups in total. The first-order valence-corrected chi connectivity index (χ1v) is 22.0. The van der Waals surface area contributed by atoms with Crippen molar-refractivity contribution in [2.45, 2.75) is 178 Å². The van der Waals surface area contributed by atoms with E-state index >= 15 is 0 Å². The van der Waals surface area contributed by atoms with Crippen molar-refractivity contribution >= 4 is 5.97 Å². The molecule has 14 nitrogen and oxygen atoms in total. The van der Waals surface area contributed by atoms with Crippen LogP contribution in [0, 0.1) is 0 Å². The van der Waals surface area contributed by atoms with Crippen LogP contribution < -0.4 is 0 Å². The van der Waals surface area contributed by atoms with Crippen molar-refractivity contribution in [3.05, 3.63) is 72.9 Å². The van der Waals surface area contributed by atoms with E-state index in [1.54, 1.807) is 0 Å². The molecule has 0 spiro atoms. The van der Waals surface area contributed by atoms with Gasteiger partial charge < -0.3 is 64.2 Å². The number of rotatable bonds is 32. The third kappa shape index (κ3) is 22.5. The van der Waals surface area contributed by atoms with Crippen LogP contribution in [-0.2, 0) is 33.2 Å². The number of ether oxygens (including phenoxy) is 6. The fourth-order valence-corrected chi connectivity index (χ4v) is 6.37. The van der Waals surface area contributed by atoms with Gasteiger partial charge in [0.2, 0.25) is 0 Å². The summed E-state index contributed by atoms with van der Waals surface area (Å²) < 4.78 is 33.9. The molecule has 2 fully saturated rings. The zero-order chi connectivity index (χ0) is 43.8. The Bertz CT molecular complexity index is 1270. The Morgan fingerprint density at radius 3 is 1.60 bits per heavy atom. The number of carbonyl (C=O) groups excluding carboxylic acids is 1. The van der Waals surface area contributed by atoms with E-state index in [-0.39, 0.29) is 19.6 Å². The van der Waals surface area contributed by atoms with E-state index in [9.17, 15) is 40.5 Å². The predicted molar refractivity (Wildman–Crippen MR) is 228 cm³/mol. The lowest BCUT2D eigenvalue weighted by Gasteiger charge is -2.42. The van der Waals surface area contributed by atoms with Crippen LogP contribution in [0.25, 0.3) is 0 Å². The Balaban J connectivity index is 1.82. The van der Waals surface area contributed by atoms with Crippen LogP contribution in [0.5, 0.6) is 0 Å². The second-order valence-corrected chi connectivity index (χ2v) is 15.1. The summed E-state index contributed by atoms with van der Waals surface area (Å²) in [6.07, 6.45) is 23.0. The number of allylic oxidation sites excluding steroid dienone is 12. The number of esters is 1. The van der Waals surface area contributed by atoms with E-state index < -0.39 is 86.7 Å². The molecule has 0 radical (unpaired) electrons. The normalized spacial score (nSPS) is 28.4. The van der Waals surface area contributed by atoms with Crippen LogP contribution in [0.2, 0.25) is 0 Å². The lowest BCUT2D eigenvalue weighted by molar-refractivity contribution is -0.332. The SMILES string of the molecule is CC/C=C\C/C=C\C/C=C\C/C=C\C/C=C\C/C=C\CCC(=O)OC(COCCCCCCCCC)COC1OC(COC2OC(CO)C(O)C(O)C2O)C(O)C(O)C1O. The van der Waals surface area contributed by atoms with Crippen molar-refractivity contribution in [2.75, 3.05) is 33.0 Å². The van der Waals surface area contributed by atoms with E-state index in [0.29, 0.717) is 13.0 Å². The van der Waals surface area contributed by atoms with Gasteiger partial charge in [0.05, 0.1) is 26.4 Å². The summed E-state index contributed by atoms with van der Waals surface area (Å²) in [6, 6.07) is 0. The van der Waals surface area contributed by atoms with Gasteiger partial charge in [0.15, 0.2) is 12.6 Å². The average Bonchev–Trinajstić information content (AvgIpc) is 3.24. The molecule has 0 aliphatic carbocycles. The molecule has 0 amide bonds. The topological polar surface area (TPSA) is 214 Å². The van der Waals surface area contributed by atoms with Crippen LogP contribution in [0.1, 0.15) is 110 Å². The average molecular weight is 853 g/mol. The van der Waals surface area contributed by atoms with E-state index in [1.807, 2.05) is 12.2 Å². The van der Waals surface area contributed by atoms with Gasteiger partial charge in [0.25, 0.3) is 0 Å². The minimum Gasteiger partial charge on any atom is -0.457 e. The first-order chi connectivity index (χ1) is 29.1. The minimum atomic E-state index is -1.72. The molecule has 11 atom stereocenters. The lowest BCUT2D eigenvalue weighted by atomic mass is 9.98. The molecule has 2 saturated heterocycles. The summed E-state index contributed by atoms with van der Waals surface area (Å²) in [6.45, 7) is 3.39. The number of hydrogen-bond acceptors (Lipinski definition) is 14. The van der Waals surface area contributed by atoms with Crippen molar-refractivity contribution in [3.63, 3.8) is 0 Å². The van der Waals surface area contributed by atoms with Crippen molar-refractivity contribution in [1.82, 2.24) is 0 Å². The van der Waals surface area contributed by atoms with Crippen molar-refractivity contribution in [3.8, 4) is 0 Å². The van der Waals surface area contributed by atoms with E-state index in [1.165, 1.54) is 25.7 Å². The van der Waals surface area contributed by atoms with Crippen LogP contribution in [0.4, 0.5) is 0 Å². The van der Waals surface area contributed by atoms with Gasteiger partial charge in [-0.25, -0.2) is 0 Å². The molecule has 0 bridgehead atoms. The molecule has 2 heterocycles. The van der Waals surface area contributed by atoms with Gasteiger partial charge in [-0.15, -0.1) is 0 Å². The molecule has 2 aliphatic heterocycles. The van der Waals surface area contributed by atoms with Gasteiger partial charge in [-0.05, 0) is 51.4 Å². The lowest BCUT2D eigenvalue weighted by Crippen LogP contribution is -2.61. The highest BCUT2D eigenvalue weighted by molar-refractivity contribution is 5.69. The van der Waals surface area contributed by atoms with Gasteiger partial charge in [0, 0.05) is 13.0 Å². The smallest absolute Gasteiger partial charge is 0.306 e. The van der Waals surface area contributed by atoms with Gasteiger partial charge in [-0.3, -0.25) is 4.79 Å². The highest BCUT2D eigenvalue weighted by Gasteiger charge is 2.47. The predicted octanol–water partition coefficient (Wildman–Crippen LogP) is 4.78. The molecule has 2 aliphatic rings. The third-order valence-electron chi connectivity index (χ3n) is 9.99. The zero-order valence-electron chi connectivity index (χ0n) is 35.9. The van der Waals surface area contributed by atoms with Crippen LogP contribution in [0.15, 0.2) is 72.9 Å². The molecule has 0 aromatic carbocycles. The summed E-state index contributed by atoms with van der Waals surface area (Å²) in [7, 11) is 0. The Morgan fingerprint density at radius 1 is 0.567 bits per heavy atom. The molecule has 11 unspecified atom stereocenters. The Kier molecular flexibility index (Phi) is 30.3. The number of carbonyl (C=O) groups is 1. The summed E-state index contributed by atoms with van der Waals surface area (Å²) in [5.74, 6) is -0.464. The maximum atomic E-state index is 12.9. The van der Waals surface area contributed by atoms with Crippen molar-refractivity contribution in [1.29, 1.82) is 0 Å². The molecule has 344 valence electrons. The van der Waals surface area contributed by atoms with Gasteiger partial charge in [-0.2, -0.15) is 0 Å². The maximum Gasteiger partial charge on any atom is 0.306 e. The molecule has 2 rings (SSSR count). The number of aliphatic hydroxyl groups is 7. The molecule has 60 heavy (non-hydrogen) atoms. The van der Waals surface area contributed by atoms with Crippen molar-refractivity contribution < 1.29 is 69.0 Å². The van der Waals surface area contributed by atoms with Gasteiger partial charge >= 0.3 is 5.97 Å². The number of aliphatic hydroxyl groups excluding tert-OH is 7. The van der Waals surface area contributed by atoms with E-state index in [4.69, 9.17) is 28.4 Å². The summed E-state index contributed by atoms with van der Waals surface area (Å²) in [4.78, 5) is 12.9. The molecule has 0 saturated carbocycles.